The second-order valence-corrected chi connectivity index (χ2v) is 4.47. The monoisotopic (exact) mass is 289 g/mol. The Kier molecular flexibility index (Phi) is 5.20. The number of amides is 1. The lowest BCUT2D eigenvalue weighted by atomic mass is 10.2. The highest BCUT2D eigenvalue weighted by molar-refractivity contribution is 5.77. The normalized spacial score (nSPS) is 11.7. The first-order chi connectivity index (χ1) is 10.2. The summed E-state index contributed by atoms with van der Waals surface area (Å²) in [7, 11) is 1.60. The van der Waals surface area contributed by atoms with E-state index in [1.807, 2.05) is 6.92 Å². The van der Waals surface area contributed by atoms with Crippen LogP contribution in [0.25, 0.3) is 0 Å². The van der Waals surface area contributed by atoms with Gasteiger partial charge in [-0.1, -0.05) is 6.92 Å². The van der Waals surface area contributed by atoms with E-state index >= 15 is 0 Å². The van der Waals surface area contributed by atoms with Gasteiger partial charge in [0.2, 0.25) is 0 Å². The van der Waals surface area contributed by atoms with Crippen LogP contribution in [0, 0.1) is 0 Å². The van der Waals surface area contributed by atoms with Crippen LogP contribution in [-0.4, -0.2) is 29.6 Å². The fraction of sp³-hybridized carbons (Fsp3) is 0.333. The zero-order valence-electron chi connectivity index (χ0n) is 12.1. The molecule has 0 saturated carbocycles. The number of rotatable bonds is 7. The van der Waals surface area contributed by atoms with Crippen molar-refractivity contribution in [2.24, 2.45) is 0 Å². The number of hydrogen-bond donors (Lipinski definition) is 2. The van der Waals surface area contributed by atoms with Crippen molar-refractivity contribution in [1.29, 1.82) is 0 Å². The smallest absolute Gasteiger partial charge is 0.258 e. The van der Waals surface area contributed by atoms with Gasteiger partial charge in [0.05, 0.1) is 13.2 Å². The Morgan fingerprint density at radius 2 is 2.05 bits per heavy atom. The van der Waals surface area contributed by atoms with E-state index < -0.39 is 0 Å². The maximum Gasteiger partial charge on any atom is 0.258 e. The van der Waals surface area contributed by atoms with E-state index in [0.29, 0.717) is 5.75 Å². The highest BCUT2D eigenvalue weighted by atomic mass is 16.5. The lowest BCUT2D eigenvalue weighted by Gasteiger charge is -2.15. The first kappa shape index (κ1) is 14.9. The molecule has 2 aromatic rings. The van der Waals surface area contributed by atoms with Crippen molar-refractivity contribution in [2.45, 2.75) is 19.4 Å². The Bertz CT molecular complexity index is 552. The Morgan fingerprint density at radius 3 is 2.62 bits per heavy atom. The van der Waals surface area contributed by atoms with E-state index in [2.05, 4.69) is 15.3 Å². The molecule has 0 aliphatic heterocycles. The first-order valence-corrected chi connectivity index (χ1v) is 6.78. The number of H-pyrrole nitrogens is 1. The summed E-state index contributed by atoms with van der Waals surface area (Å²) in [6.45, 7) is 1.95. The standard InChI is InChI=1S/C15H19N3O3/c1-3-13(15-16-8-9-17-15)18-14(19)10-21-12-6-4-11(20-2)5-7-12/h4-9,13H,3,10H2,1-2H3,(H,16,17)(H,18,19). The van der Waals surface area contributed by atoms with Crippen LogP contribution < -0.4 is 14.8 Å². The SMILES string of the molecule is CCC(NC(=O)COc1ccc(OC)cc1)c1ncc[nH]1. The van der Waals surface area contributed by atoms with Crippen LogP contribution in [0.15, 0.2) is 36.7 Å². The fourth-order valence-electron chi connectivity index (χ4n) is 1.89. The van der Waals surface area contributed by atoms with E-state index in [0.717, 1.165) is 18.0 Å². The lowest BCUT2D eigenvalue weighted by Crippen LogP contribution is -2.32. The van der Waals surface area contributed by atoms with Gasteiger partial charge in [-0.25, -0.2) is 4.98 Å². The minimum Gasteiger partial charge on any atom is -0.497 e. The van der Waals surface area contributed by atoms with Gasteiger partial charge in [0.25, 0.3) is 5.91 Å². The lowest BCUT2D eigenvalue weighted by molar-refractivity contribution is -0.123. The summed E-state index contributed by atoms with van der Waals surface area (Å²) in [6.07, 6.45) is 4.15. The average molecular weight is 289 g/mol. The molecule has 6 heteroatoms. The molecule has 0 radical (unpaired) electrons. The first-order valence-electron chi connectivity index (χ1n) is 6.78. The largest absolute Gasteiger partial charge is 0.497 e. The third-order valence-electron chi connectivity index (χ3n) is 3.02. The minimum atomic E-state index is -0.186. The van der Waals surface area contributed by atoms with Crippen LogP contribution in [0.5, 0.6) is 11.5 Å². The molecule has 2 N–H and O–H groups in total. The van der Waals surface area contributed by atoms with E-state index in [9.17, 15) is 4.79 Å². The van der Waals surface area contributed by atoms with Crippen LogP contribution in [0.1, 0.15) is 25.2 Å². The summed E-state index contributed by atoms with van der Waals surface area (Å²) in [6, 6.07) is 6.95. The van der Waals surface area contributed by atoms with E-state index in [1.54, 1.807) is 43.8 Å². The molecule has 0 aliphatic carbocycles. The molecule has 0 saturated heterocycles. The quantitative estimate of drug-likeness (QED) is 0.818. The van der Waals surface area contributed by atoms with Crippen molar-refractivity contribution in [3.05, 3.63) is 42.5 Å². The second kappa shape index (κ2) is 7.33. The number of nitrogens with zero attached hydrogens (tertiary/aromatic N) is 1. The van der Waals surface area contributed by atoms with E-state index in [1.165, 1.54) is 0 Å². The third kappa shape index (κ3) is 4.24. The molecule has 1 unspecified atom stereocenters. The second-order valence-electron chi connectivity index (χ2n) is 4.47. The summed E-state index contributed by atoms with van der Waals surface area (Å²) in [5.74, 6) is 1.93. The number of imidazole rings is 1. The van der Waals surface area contributed by atoms with Crippen LogP contribution in [0.2, 0.25) is 0 Å². The van der Waals surface area contributed by atoms with Crippen molar-refractivity contribution >= 4 is 5.91 Å². The average Bonchev–Trinajstić information content (AvgIpc) is 3.05. The number of nitrogens with one attached hydrogen (secondary N) is 2. The van der Waals surface area contributed by atoms with Gasteiger partial charge in [-0.2, -0.15) is 0 Å². The minimum absolute atomic E-state index is 0.0382. The molecular formula is C15H19N3O3. The van der Waals surface area contributed by atoms with Crippen LogP contribution >= 0.6 is 0 Å². The summed E-state index contributed by atoms with van der Waals surface area (Å²) >= 11 is 0. The van der Waals surface area contributed by atoms with Crippen molar-refractivity contribution in [2.75, 3.05) is 13.7 Å². The predicted octanol–water partition coefficient (Wildman–Crippen LogP) is 2.06. The highest BCUT2D eigenvalue weighted by Gasteiger charge is 2.14. The number of aromatic nitrogens is 2. The summed E-state index contributed by atoms with van der Waals surface area (Å²) < 4.78 is 10.5. The zero-order valence-corrected chi connectivity index (χ0v) is 12.1. The molecule has 2 rings (SSSR count). The van der Waals surface area contributed by atoms with Gasteiger partial charge in [-0.15, -0.1) is 0 Å². The maximum absolute atomic E-state index is 11.9. The Balaban J connectivity index is 1.83. The number of carbonyl (C=O) groups excluding carboxylic acids is 1. The van der Waals surface area contributed by atoms with Gasteiger partial charge in [0.15, 0.2) is 6.61 Å². The van der Waals surface area contributed by atoms with Crippen LogP contribution in [-0.2, 0) is 4.79 Å². The molecule has 1 aromatic carbocycles. The number of aromatic amines is 1. The summed E-state index contributed by atoms with van der Waals surface area (Å²) in [5.41, 5.74) is 0. The summed E-state index contributed by atoms with van der Waals surface area (Å²) in [4.78, 5) is 19.1. The molecule has 0 aliphatic rings. The highest BCUT2D eigenvalue weighted by Crippen LogP contribution is 2.17. The van der Waals surface area contributed by atoms with E-state index in [4.69, 9.17) is 9.47 Å². The fourth-order valence-corrected chi connectivity index (χ4v) is 1.89. The van der Waals surface area contributed by atoms with Crippen molar-refractivity contribution in [3.8, 4) is 11.5 Å². The van der Waals surface area contributed by atoms with E-state index in [-0.39, 0.29) is 18.6 Å². The molecule has 0 bridgehead atoms. The molecule has 21 heavy (non-hydrogen) atoms. The maximum atomic E-state index is 11.9. The van der Waals surface area contributed by atoms with Gasteiger partial charge >= 0.3 is 0 Å². The molecule has 0 fully saturated rings. The zero-order chi connectivity index (χ0) is 15.1. The number of benzene rings is 1. The summed E-state index contributed by atoms with van der Waals surface area (Å²) in [5, 5.41) is 2.88. The molecular weight excluding hydrogens is 270 g/mol. The molecule has 1 heterocycles. The number of hydrogen-bond acceptors (Lipinski definition) is 4. The number of methoxy groups -OCH3 is 1. The van der Waals surface area contributed by atoms with Crippen molar-refractivity contribution in [3.63, 3.8) is 0 Å². The Hall–Kier alpha value is -2.50. The van der Waals surface area contributed by atoms with Crippen LogP contribution in [0.4, 0.5) is 0 Å². The predicted molar refractivity (Wildman–Crippen MR) is 78.3 cm³/mol. The van der Waals surface area contributed by atoms with Gasteiger partial charge in [-0.05, 0) is 30.7 Å². The van der Waals surface area contributed by atoms with Gasteiger partial charge in [0.1, 0.15) is 17.3 Å². The number of carbonyl (C=O) groups is 1. The Labute approximate surface area is 123 Å². The molecule has 0 spiro atoms. The molecule has 1 atom stereocenters. The molecule has 112 valence electrons. The van der Waals surface area contributed by atoms with Crippen LogP contribution in [0.3, 0.4) is 0 Å². The molecule has 1 aromatic heterocycles. The topological polar surface area (TPSA) is 76.2 Å². The molecule has 1 amide bonds. The Morgan fingerprint density at radius 1 is 1.33 bits per heavy atom. The van der Waals surface area contributed by atoms with Gasteiger partial charge < -0.3 is 19.8 Å². The van der Waals surface area contributed by atoms with Gasteiger partial charge in [0, 0.05) is 12.4 Å². The van der Waals surface area contributed by atoms with Gasteiger partial charge in [-0.3, -0.25) is 4.79 Å². The molecule has 6 nitrogen and oxygen atoms in total. The third-order valence-corrected chi connectivity index (χ3v) is 3.02. The van der Waals surface area contributed by atoms with Crippen molar-refractivity contribution in [1.82, 2.24) is 15.3 Å². The number of ether oxygens (including phenoxy) is 2. The van der Waals surface area contributed by atoms with Crippen molar-refractivity contribution < 1.29 is 14.3 Å².